The van der Waals surface area contributed by atoms with Crippen LogP contribution in [0.5, 0.6) is 0 Å². The number of carbonyl (C=O) groups is 2. The van der Waals surface area contributed by atoms with E-state index in [9.17, 15) is 18.0 Å². The van der Waals surface area contributed by atoms with E-state index in [2.05, 4.69) is 0 Å². The van der Waals surface area contributed by atoms with Gasteiger partial charge in [-0.25, -0.2) is 4.79 Å². The zero-order chi connectivity index (χ0) is 22.1. The Labute approximate surface area is 178 Å². The Morgan fingerprint density at radius 3 is 2.40 bits per heavy atom. The smallest absolute Gasteiger partial charge is 0.411 e. The molecule has 2 aliphatic rings. The molecule has 0 spiro atoms. The Kier molecular flexibility index (Phi) is 6.38. The number of ether oxygens (including phenoxy) is 1. The average molecular weight is 436 g/mol. The van der Waals surface area contributed by atoms with E-state index in [0.717, 1.165) is 18.4 Å². The molecular formula is C22H29NO6S. The third-order valence-corrected chi connectivity index (χ3v) is 6.58. The van der Waals surface area contributed by atoms with Crippen molar-refractivity contribution in [2.75, 3.05) is 6.61 Å². The number of hydrogen-bond acceptors (Lipinski definition) is 6. The third-order valence-electron chi connectivity index (χ3n) is 5.31. The molecule has 2 bridgehead atoms. The van der Waals surface area contributed by atoms with Crippen molar-refractivity contribution in [2.45, 2.75) is 76.0 Å². The van der Waals surface area contributed by atoms with Crippen molar-refractivity contribution < 1.29 is 26.9 Å². The molecule has 0 aromatic heterocycles. The van der Waals surface area contributed by atoms with Crippen LogP contribution in [0.25, 0.3) is 0 Å². The SMILES string of the molecule is Cc1ccc(S(=O)(=O)OCC(=O)C2=CCC[C@@H]3CC[C@H]2N3C(=O)OC(C)(C)C)cc1. The van der Waals surface area contributed by atoms with Crippen LogP contribution in [-0.4, -0.2) is 49.5 Å². The van der Waals surface area contributed by atoms with Gasteiger partial charge in [0, 0.05) is 11.6 Å². The zero-order valence-corrected chi connectivity index (χ0v) is 18.7. The molecule has 1 amide bonds. The predicted molar refractivity (Wildman–Crippen MR) is 112 cm³/mol. The Bertz CT molecular complexity index is 943. The first-order valence-electron chi connectivity index (χ1n) is 10.2. The van der Waals surface area contributed by atoms with Crippen LogP contribution in [0.1, 0.15) is 52.0 Å². The maximum absolute atomic E-state index is 12.9. The number of benzene rings is 1. The molecule has 0 radical (unpaired) electrons. The molecule has 7 nitrogen and oxygen atoms in total. The summed E-state index contributed by atoms with van der Waals surface area (Å²) in [6, 6.07) is 5.85. The first kappa shape index (κ1) is 22.5. The Hall–Kier alpha value is -2.19. The molecular weight excluding hydrogens is 406 g/mol. The van der Waals surface area contributed by atoms with Crippen LogP contribution in [0.2, 0.25) is 0 Å². The summed E-state index contributed by atoms with van der Waals surface area (Å²) in [7, 11) is -4.04. The van der Waals surface area contributed by atoms with Crippen molar-refractivity contribution in [1.29, 1.82) is 0 Å². The number of Topliss-reactive ketones (excluding diaryl/α,β-unsaturated/α-hetero) is 1. The summed E-state index contributed by atoms with van der Waals surface area (Å²) in [6.07, 6.45) is 4.19. The van der Waals surface area contributed by atoms with Crippen molar-refractivity contribution in [3.63, 3.8) is 0 Å². The van der Waals surface area contributed by atoms with E-state index in [1.54, 1.807) is 37.8 Å². The summed E-state index contributed by atoms with van der Waals surface area (Å²) in [5.74, 6) is -0.424. The minimum absolute atomic E-state index is 0.00654. The Morgan fingerprint density at radius 1 is 1.10 bits per heavy atom. The van der Waals surface area contributed by atoms with Crippen LogP contribution in [0, 0.1) is 6.92 Å². The van der Waals surface area contributed by atoms with Gasteiger partial charge in [-0.1, -0.05) is 23.8 Å². The number of allylic oxidation sites excluding steroid dienone is 1. The van der Waals surface area contributed by atoms with E-state index in [4.69, 9.17) is 8.92 Å². The molecule has 1 fully saturated rings. The molecule has 8 heteroatoms. The topological polar surface area (TPSA) is 90.0 Å². The second-order valence-corrected chi connectivity index (χ2v) is 10.4. The van der Waals surface area contributed by atoms with Gasteiger partial charge in [-0.15, -0.1) is 0 Å². The number of amides is 1. The minimum atomic E-state index is -4.04. The largest absolute Gasteiger partial charge is 0.444 e. The monoisotopic (exact) mass is 435 g/mol. The van der Waals surface area contributed by atoms with E-state index < -0.39 is 40.2 Å². The highest BCUT2D eigenvalue weighted by atomic mass is 32.2. The van der Waals surface area contributed by atoms with Crippen LogP contribution >= 0.6 is 0 Å². The lowest BCUT2D eigenvalue weighted by Crippen LogP contribution is -2.45. The molecule has 1 aromatic carbocycles. The van der Waals surface area contributed by atoms with E-state index >= 15 is 0 Å². The normalized spacial score (nSPS) is 21.7. The van der Waals surface area contributed by atoms with Crippen LogP contribution in [0.15, 0.2) is 40.8 Å². The first-order valence-corrected chi connectivity index (χ1v) is 11.6. The third kappa shape index (κ3) is 5.10. The Balaban J connectivity index is 1.72. The van der Waals surface area contributed by atoms with Crippen LogP contribution < -0.4 is 0 Å². The lowest BCUT2D eigenvalue weighted by Gasteiger charge is -2.32. The molecule has 3 rings (SSSR count). The van der Waals surface area contributed by atoms with E-state index in [1.165, 1.54) is 12.1 Å². The Morgan fingerprint density at radius 2 is 1.77 bits per heavy atom. The highest BCUT2D eigenvalue weighted by Crippen LogP contribution is 2.36. The van der Waals surface area contributed by atoms with Crippen molar-refractivity contribution in [3.05, 3.63) is 41.5 Å². The molecule has 1 aromatic rings. The van der Waals surface area contributed by atoms with E-state index in [-0.39, 0.29) is 10.9 Å². The number of fused-ring (bicyclic) bond motifs is 2. The number of carbonyl (C=O) groups excluding carboxylic acids is 2. The fourth-order valence-electron chi connectivity index (χ4n) is 3.92. The van der Waals surface area contributed by atoms with Crippen molar-refractivity contribution >= 4 is 22.0 Å². The van der Waals surface area contributed by atoms with Crippen molar-refractivity contribution in [3.8, 4) is 0 Å². The molecule has 164 valence electrons. The molecule has 2 aliphatic heterocycles. The summed E-state index contributed by atoms with van der Waals surface area (Å²) in [4.78, 5) is 27.3. The van der Waals surface area contributed by atoms with E-state index in [0.29, 0.717) is 18.4 Å². The van der Waals surface area contributed by atoms with Crippen LogP contribution in [-0.2, 0) is 23.8 Å². The summed E-state index contributed by atoms with van der Waals surface area (Å²) >= 11 is 0. The summed E-state index contributed by atoms with van der Waals surface area (Å²) in [5, 5.41) is 0. The molecule has 0 N–H and O–H groups in total. The van der Waals surface area contributed by atoms with Gasteiger partial charge in [0.1, 0.15) is 12.2 Å². The zero-order valence-electron chi connectivity index (χ0n) is 17.9. The van der Waals surface area contributed by atoms with Gasteiger partial charge in [-0.05, 0) is 65.5 Å². The molecule has 0 saturated carbocycles. The van der Waals surface area contributed by atoms with Crippen LogP contribution in [0.4, 0.5) is 4.79 Å². The van der Waals surface area contributed by atoms with Gasteiger partial charge in [-0.2, -0.15) is 8.42 Å². The molecule has 2 heterocycles. The quantitative estimate of drug-likeness (QED) is 0.654. The van der Waals surface area contributed by atoms with Gasteiger partial charge in [0.25, 0.3) is 10.1 Å². The summed E-state index contributed by atoms with van der Waals surface area (Å²) in [5.41, 5.74) is 0.716. The van der Waals surface area contributed by atoms with Gasteiger partial charge in [0.05, 0.1) is 10.9 Å². The fourth-order valence-corrected chi connectivity index (χ4v) is 4.78. The highest BCUT2D eigenvalue weighted by molar-refractivity contribution is 7.86. The van der Waals surface area contributed by atoms with Gasteiger partial charge in [0.2, 0.25) is 0 Å². The number of ketones is 1. The standard InChI is InChI=1S/C22H29NO6S/c1-15-8-11-17(12-9-15)30(26,27)28-14-20(24)18-7-5-6-16-10-13-19(18)23(16)21(25)29-22(2,3)4/h7-9,11-12,16,19H,5-6,10,13-14H2,1-4H3/t16-,19-/m1/s1. The number of aryl methyl sites for hydroxylation is 1. The number of hydrogen-bond donors (Lipinski definition) is 0. The first-order chi connectivity index (χ1) is 14.0. The second kappa shape index (κ2) is 8.51. The molecule has 1 saturated heterocycles. The van der Waals surface area contributed by atoms with Gasteiger partial charge < -0.3 is 4.74 Å². The number of rotatable bonds is 5. The van der Waals surface area contributed by atoms with Gasteiger partial charge >= 0.3 is 6.09 Å². The fraction of sp³-hybridized carbons (Fsp3) is 0.545. The van der Waals surface area contributed by atoms with Crippen LogP contribution in [0.3, 0.4) is 0 Å². The van der Waals surface area contributed by atoms with E-state index in [1.807, 2.05) is 13.0 Å². The molecule has 30 heavy (non-hydrogen) atoms. The molecule has 0 aliphatic carbocycles. The second-order valence-electron chi connectivity index (χ2n) is 8.82. The lowest BCUT2D eigenvalue weighted by molar-refractivity contribution is -0.118. The van der Waals surface area contributed by atoms with Gasteiger partial charge in [-0.3, -0.25) is 13.9 Å². The maximum atomic E-state index is 12.9. The lowest BCUT2D eigenvalue weighted by atomic mass is 9.97. The summed E-state index contributed by atoms with van der Waals surface area (Å²) in [6.45, 7) is 6.67. The molecule has 2 atom stereocenters. The van der Waals surface area contributed by atoms with Crippen molar-refractivity contribution in [2.24, 2.45) is 0 Å². The molecule has 0 unspecified atom stereocenters. The minimum Gasteiger partial charge on any atom is -0.444 e. The average Bonchev–Trinajstić information content (AvgIpc) is 2.95. The predicted octanol–water partition coefficient (Wildman–Crippen LogP) is 3.76. The van der Waals surface area contributed by atoms with Crippen molar-refractivity contribution in [1.82, 2.24) is 4.90 Å². The highest BCUT2D eigenvalue weighted by Gasteiger charge is 2.43. The van der Waals surface area contributed by atoms with Gasteiger partial charge in [0.15, 0.2) is 5.78 Å². The number of nitrogens with zero attached hydrogens (tertiary/aromatic N) is 1. The maximum Gasteiger partial charge on any atom is 0.411 e. The summed E-state index contributed by atoms with van der Waals surface area (Å²) < 4.78 is 35.4.